The predicted molar refractivity (Wildman–Crippen MR) is 73.7 cm³/mol. The lowest BCUT2D eigenvalue weighted by molar-refractivity contribution is 0.0690. The summed E-state index contributed by atoms with van der Waals surface area (Å²) in [7, 11) is 0. The second-order valence-electron chi connectivity index (χ2n) is 5.25. The van der Waals surface area contributed by atoms with Gasteiger partial charge in [0.2, 0.25) is 0 Å². The first-order valence-corrected chi connectivity index (χ1v) is 6.78. The molecule has 1 heterocycles. The zero-order valence-corrected chi connectivity index (χ0v) is 11.7. The minimum atomic E-state index is -1.05. The van der Waals surface area contributed by atoms with E-state index in [-0.39, 0.29) is 11.6 Å². The zero-order valence-electron chi connectivity index (χ0n) is 11.7. The van der Waals surface area contributed by atoms with Crippen molar-refractivity contribution in [1.29, 1.82) is 5.26 Å². The molecule has 0 bridgehead atoms. The number of aromatic carboxylic acids is 1. The third-order valence-electron chi connectivity index (χ3n) is 3.27. The van der Waals surface area contributed by atoms with Gasteiger partial charge in [0.25, 0.3) is 0 Å². The molecule has 6 nitrogen and oxygen atoms in total. The van der Waals surface area contributed by atoms with Crippen molar-refractivity contribution in [2.75, 3.05) is 11.4 Å². The molecule has 106 valence electrons. The normalized spacial score (nSPS) is 14.1. The minimum absolute atomic E-state index is 0.0357. The van der Waals surface area contributed by atoms with Crippen LogP contribution in [0, 0.1) is 11.3 Å². The lowest BCUT2D eigenvalue weighted by atomic mass is 10.2. The van der Waals surface area contributed by atoms with Gasteiger partial charge in [0, 0.05) is 18.5 Å². The SMILES string of the molecule is CC(C)c1ncc(N(CCC#N)C2CC2)c(C(=O)O)n1. The van der Waals surface area contributed by atoms with Crippen molar-refractivity contribution < 1.29 is 9.90 Å². The molecule has 20 heavy (non-hydrogen) atoms. The monoisotopic (exact) mass is 274 g/mol. The van der Waals surface area contributed by atoms with Gasteiger partial charge in [-0.05, 0) is 12.8 Å². The fourth-order valence-electron chi connectivity index (χ4n) is 2.09. The van der Waals surface area contributed by atoms with Gasteiger partial charge in [0.05, 0.1) is 24.4 Å². The van der Waals surface area contributed by atoms with Gasteiger partial charge in [-0.25, -0.2) is 14.8 Å². The van der Waals surface area contributed by atoms with Crippen molar-refractivity contribution in [1.82, 2.24) is 9.97 Å². The molecule has 0 spiro atoms. The molecule has 0 aliphatic heterocycles. The number of carboxylic acid groups (broad SMARTS) is 1. The maximum absolute atomic E-state index is 11.4. The average molecular weight is 274 g/mol. The quantitative estimate of drug-likeness (QED) is 0.855. The molecule has 0 atom stereocenters. The van der Waals surface area contributed by atoms with Gasteiger partial charge in [-0.15, -0.1) is 0 Å². The fraction of sp³-hybridized carbons (Fsp3) is 0.571. The molecular weight excluding hydrogens is 256 g/mol. The fourth-order valence-corrected chi connectivity index (χ4v) is 2.09. The largest absolute Gasteiger partial charge is 0.476 e. The summed E-state index contributed by atoms with van der Waals surface area (Å²) in [5, 5.41) is 18.1. The number of nitrogens with zero attached hydrogens (tertiary/aromatic N) is 4. The van der Waals surface area contributed by atoms with Crippen molar-refractivity contribution in [2.24, 2.45) is 0 Å². The minimum Gasteiger partial charge on any atom is -0.476 e. The van der Waals surface area contributed by atoms with Crippen molar-refractivity contribution in [3.63, 3.8) is 0 Å². The lowest BCUT2D eigenvalue weighted by Gasteiger charge is -2.24. The lowest BCUT2D eigenvalue weighted by Crippen LogP contribution is -2.29. The second-order valence-corrected chi connectivity index (χ2v) is 5.25. The summed E-state index contributed by atoms with van der Waals surface area (Å²) in [6.45, 7) is 4.37. The Morgan fingerprint density at radius 2 is 2.30 bits per heavy atom. The molecule has 1 aromatic rings. The van der Waals surface area contributed by atoms with Crippen LogP contribution in [0.15, 0.2) is 6.20 Å². The molecule has 1 N–H and O–H groups in total. The van der Waals surface area contributed by atoms with E-state index in [0.29, 0.717) is 30.5 Å². The van der Waals surface area contributed by atoms with Gasteiger partial charge in [-0.2, -0.15) is 5.26 Å². The van der Waals surface area contributed by atoms with Gasteiger partial charge in [-0.3, -0.25) is 0 Å². The van der Waals surface area contributed by atoms with E-state index in [0.717, 1.165) is 12.8 Å². The van der Waals surface area contributed by atoms with Gasteiger partial charge in [0.1, 0.15) is 5.82 Å². The number of carboxylic acids is 1. The molecular formula is C14H18N4O2. The van der Waals surface area contributed by atoms with Crippen LogP contribution < -0.4 is 4.90 Å². The number of hydrogen-bond donors (Lipinski definition) is 1. The first-order chi connectivity index (χ1) is 9.54. The van der Waals surface area contributed by atoms with Crippen LogP contribution in [-0.2, 0) is 0 Å². The maximum atomic E-state index is 11.4. The van der Waals surface area contributed by atoms with E-state index in [1.807, 2.05) is 18.7 Å². The summed E-state index contributed by atoms with van der Waals surface area (Å²) < 4.78 is 0. The number of nitriles is 1. The Morgan fingerprint density at radius 1 is 1.60 bits per heavy atom. The first-order valence-electron chi connectivity index (χ1n) is 6.78. The average Bonchev–Trinajstić information content (AvgIpc) is 3.23. The summed E-state index contributed by atoms with van der Waals surface area (Å²) >= 11 is 0. The molecule has 1 aromatic heterocycles. The highest BCUT2D eigenvalue weighted by Gasteiger charge is 2.32. The zero-order chi connectivity index (χ0) is 14.7. The Morgan fingerprint density at radius 3 is 2.80 bits per heavy atom. The van der Waals surface area contributed by atoms with E-state index >= 15 is 0 Å². The third-order valence-corrected chi connectivity index (χ3v) is 3.27. The Hall–Kier alpha value is -2.16. The van der Waals surface area contributed by atoms with Gasteiger partial charge in [-0.1, -0.05) is 13.8 Å². The molecule has 1 aliphatic rings. The van der Waals surface area contributed by atoms with E-state index in [1.54, 1.807) is 6.20 Å². The van der Waals surface area contributed by atoms with Gasteiger partial charge < -0.3 is 10.0 Å². The Kier molecular flexibility index (Phi) is 4.18. The molecule has 1 saturated carbocycles. The molecule has 0 radical (unpaired) electrons. The maximum Gasteiger partial charge on any atom is 0.356 e. The molecule has 2 rings (SSSR count). The highest BCUT2D eigenvalue weighted by atomic mass is 16.4. The van der Waals surface area contributed by atoms with Gasteiger partial charge in [0.15, 0.2) is 5.69 Å². The van der Waals surface area contributed by atoms with Crippen molar-refractivity contribution in [3.05, 3.63) is 17.7 Å². The van der Waals surface area contributed by atoms with Crippen LogP contribution >= 0.6 is 0 Å². The third kappa shape index (κ3) is 3.05. The van der Waals surface area contributed by atoms with Crippen molar-refractivity contribution in [2.45, 2.75) is 45.1 Å². The highest BCUT2D eigenvalue weighted by molar-refractivity contribution is 5.92. The van der Waals surface area contributed by atoms with E-state index in [9.17, 15) is 9.90 Å². The molecule has 0 aromatic carbocycles. The Balaban J connectivity index is 2.37. The van der Waals surface area contributed by atoms with Crippen molar-refractivity contribution >= 4 is 11.7 Å². The van der Waals surface area contributed by atoms with Crippen LogP contribution in [0.2, 0.25) is 0 Å². The van der Waals surface area contributed by atoms with Gasteiger partial charge >= 0.3 is 5.97 Å². The molecule has 0 unspecified atom stereocenters. The van der Waals surface area contributed by atoms with Crippen LogP contribution in [0.3, 0.4) is 0 Å². The second kappa shape index (κ2) is 5.87. The number of hydrogen-bond acceptors (Lipinski definition) is 5. The van der Waals surface area contributed by atoms with E-state index in [2.05, 4.69) is 16.0 Å². The Bertz CT molecular complexity index is 547. The van der Waals surface area contributed by atoms with E-state index in [4.69, 9.17) is 5.26 Å². The molecule has 0 saturated heterocycles. The summed E-state index contributed by atoms with van der Waals surface area (Å²) in [6, 6.07) is 2.41. The summed E-state index contributed by atoms with van der Waals surface area (Å²) in [4.78, 5) is 21.8. The number of aromatic nitrogens is 2. The molecule has 1 aliphatic carbocycles. The summed E-state index contributed by atoms with van der Waals surface area (Å²) in [5.41, 5.74) is 0.563. The topological polar surface area (TPSA) is 90.1 Å². The highest BCUT2D eigenvalue weighted by Crippen LogP contribution is 2.33. The van der Waals surface area contributed by atoms with Crippen LogP contribution in [0.4, 0.5) is 5.69 Å². The van der Waals surface area contributed by atoms with Crippen LogP contribution in [-0.4, -0.2) is 33.6 Å². The standard InChI is InChI=1S/C14H18N4O2/c1-9(2)13-16-8-11(12(17-13)14(19)20)18(7-3-6-15)10-4-5-10/h8-10H,3-5,7H2,1-2H3,(H,19,20). The molecule has 1 fully saturated rings. The number of anilines is 1. The molecule has 0 amide bonds. The predicted octanol–water partition coefficient (Wildman–Crippen LogP) is 2.18. The smallest absolute Gasteiger partial charge is 0.356 e. The number of rotatable bonds is 6. The van der Waals surface area contributed by atoms with Crippen LogP contribution in [0.1, 0.15) is 55.3 Å². The van der Waals surface area contributed by atoms with E-state index < -0.39 is 5.97 Å². The van der Waals surface area contributed by atoms with Crippen LogP contribution in [0.5, 0.6) is 0 Å². The van der Waals surface area contributed by atoms with Crippen LogP contribution in [0.25, 0.3) is 0 Å². The van der Waals surface area contributed by atoms with E-state index in [1.165, 1.54) is 0 Å². The summed E-state index contributed by atoms with van der Waals surface area (Å²) in [5.74, 6) is -0.440. The molecule has 6 heteroatoms. The first kappa shape index (κ1) is 14.3. The Labute approximate surface area is 118 Å². The summed E-state index contributed by atoms with van der Waals surface area (Å²) in [6.07, 6.45) is 4.00. The number of carbonyl (C=O) groups is 1. The van der Waals surface area contributed by atoms with Crippen molar-refractivity contribution in [3.8, 4) is 6.07 Å².